The van der Waals surface area contributed by atoms with Crippen LogP contribution in [-0.2, 0) is 0 Å². The van der Waals surface area contributed by atoms with E-state index in [2.05, 4.69) is 19.2 Å². The number of amides is 1. The first-order valence-corrected chi connectivity index (χ1v) is 7.11. The van der Waals surface area contributed by atoms with Crippen molar-refractivity contribution in [3.05, 3.63) is 29.8 Å². The quantitative estimate of drug-likeness (QED) is 0.815. The molecule has 1 aromatic rings. The van der Waals surface area contributed by atoms with E-state index in [4.69, 9.17) is 4.74 Å². The fourth-order valence-corrected chi connectivity index (χ4v) is 1.87. The Morgan fingerprint density at radius 2 is 1.74 bits per heavy atom. The second kappa shape index (κ2) is 7.82. The number of rotatable bonds is 7. The summed E-state index contributed by atoms with van der Waals surface area (Å²) in [5.74, 6) is 1.35. The lowest BCUT2D eigenvalue weighted by Crippen LogP contribution is -2.28. The van der Waals surface area contributed by atoms with E-state index in [0.29, 0.717) is 11.5 Å². The van der Waals surface area contributed by atoms with Gasteiger partial charge < -0.3 is 10.1 Å². The lowest BCUT2D eigenvalue weighted by Gasteiger charge is -2.13. The first-order valence-electron chi connectivity index (χ1n) is 7.11. The second-order valence-electron chi connectivity index (χ2n) is 5.08. The minimum Gasteiger partial charge on any atom is -0.491 e. The molecule has 0 radical (unpaired) electrons. The maximum atomic E-state index is 12.0. The number of nitrogens with one attached hydrogen (secondary N) is 1. The van der Waals surface area contributed by atoms with Crippen LogP contribution in [0.2, 0.25) is 0 Å². The molecule has 0 saturated heterocycles. The van der Waals surface area contributed by atoms with Gasteiger partial charge in [-0.1, -0.05) is 26.7 Å². The summed E-state index contributed by atoms with van der Waals surface area (Å²) in [6.07, 6.45) is 2.34. The Bertz CT molecular complexity index is 380. The molecule has 0 heterocycles. The smallest absolute Gasteiger partial charge is 0.251 e. The Morgan fingerprint density at radius 1 is 1.16 bits per heavy atom. The van der Waals surface area contributed by atoms with Crippen molar-refractivity contribution in [1.82, 2.24) is 5.32 Å². The topological polar surface area (TPSA) is 38.3 Å². The summed E-state index contributed by atoms with van der Waals surface area (Å²) in [6, 6.07) is 7.29. The molecule has 1 rings (SSSR count). The third-order valence-electron chi connectivity index (χ3n) is 3.19. The molecule has 19 heavy (non-hydrogen) atoms. The summed E-state index contributed by atoms with van der Waals surface area (Å²) in [6.45, 7) is 9.01. The molecule has 1 aromatic carbocycles. The van der Waals surface area contributed by atoms with Gasteiger partial charge in [0.25, 0.3) is 5.91 Å². The van der Waals surface area contributed by atoms with Crippen LogP contribution >= 0.6 is 0 Å². The molecule has 0 fully saturated rings. The zero-order valence-electron chi connectivity index (χ0n) is 12.4. The van der Waals surface area contributed by atoms with E-state index in [-0.39, 0.29) is 12.0 Å². The van der Waals surface area contributed by atoms with Gasteiger partial charge in [0.1, 0.15) is 5.75 Å². The highest BCUT2D eigenvalue weighted by Crippen LogP contribution is 2.14. The van der Waals surface area contributed by atoms with Gasteiger partial charge >= 0.3 is 0 Å². The van der Waals surface area contributed by atoms with E-state index in [1.165, 1.54) is 0 Å². The van der Waals surface area contributed by atoms with E-state index < -0.39 is 0 Å². The van der Waals surface area contributed by atoms with E-state index in [1.54, 1.807) is 12.1 Å². The van der Waals surface area contributed by atoms with Crippen LogP contribution in [0.15, 0.2) is 24.3 Å². The molecule has 0 bridgehead atoms. The maximum Gasteiger partial charge on any atom is 0.251 e. The summed E-state index contributed by atoms with van der Waals surface area (Å²) in [7, 11) is 0. The largest absolute Gasteiger partial charge is 0.491 e. The van der Waals surface area contributed by atoms with E-state index in [9.17, 15) is 4.79 Å². The first-order chi connectivity index (χ1) is 9.06. The first kappa shape index (κ1) is 15.5. The van der Waals surface area contributed by atoms with Crippen molar-refractivity contribution in [2.45, 2.75) is 46.6 Å². The van der Waals surface area contributed by atoms with Crippen molar-refractivity contribution >= 4 is 5.91 Å². The molecule has 0 atom stereocenters. The zero-order chi connectivity index (χ0) is 14.3. The average molecular weight is 263 g/mol. The van der Waals surface area contributed by atoms with Crippen molar-refractivity contribution in [3.8, 4) is 5.75 Å². The summed E-state index contributed by atoms with van der Waals surface area (Å²) in [5, 5.41) is 2.98. The van der Waals surface area contributed by atoms with Crippen molar-refractivity contribution in [3.63, 3.8) is 0 Å². The lowest BCUT2D eigenvalue weighted by molar-refractivity contribution is 0.0946. The summed E-state index contributed by atoms with van der Waals surface area (Å²) in [4.78, 5) is 12.0. The highest BCUT2D eigenvalue weighted by molar-refractivity contribution is 5.94. The van der Waals surface area contributed by atoms with Gasteiger partial charge in [-0.15, -0.1) is 0 Å². The highest BCUT2D eigenvalue weighted by Gasteiger charge is 2.09. The highest BCUT2D eigenvalue weighted by atomic mass is 16.5. The molecule has 0 aliphatic rings. The third-order valence-corrected chi connectivity index (χ3v) is 3.19. The number of hydrogen-bond acceptors (Lipinski definition) is 2. The van der Waals surface area contributed by atoms with Crippen molar-refractivity contribution in [2.24, 2.45) is 5.92 Å². The molecule has 3 heteroatoms. The van der Waals surface area contributed by atoms with E-state index >= 15 is 0 Å². The fourth-order valence-electron chi connectivity index (χ4n) is 1.87. The Labute approximate surface area is 116 Å². The molecular formula is C16H25NO2. The van der Waals surface area contributed by atoms with Gasteiger partial charge in [-0.25, -0.2) is 0 Å². The molecule has 0 aromatic heterocycles. The Hall–Kier alpha value is -1.51. The number of hydrogen-bond donors (Lipinski definition) is 1. The van der Waals surface area contributed by atoms with Crippen LogP contribution < -0.4 is 10.1 Å². The van der Waals surface area contributed by atoms with Gasteiger partial charge in [-0.05, 0) is 44.0 Å². The molecule has 0 saturated carbocycles. The minimum absolute atomic E-state index is 0.0111. The van der Waals surface area contributed by atoms with Gasteiger partial charge in [0.2, 0.25) is 0 Å². The molecule has 1 N–H and O–H groups in total. The van der Waals surface area contributed by atoms with Crippen LogP contribution in [0, 0.1) is 5.92 Å². The fraction of sp³-hybridized carbons (Fsp3) is 0.562. The molecule has 0 aliphatic heterocycles. The lowest BCUT2D eigenvalue weighted by atomic mass is 10.0. The third kappa shape index (κ3) is 5.33. The Balaban J connectivity index is 2.53. The van der Waals surface area contributed by atoms with Crippen LogP contribution in [0.5, 0.6) is 5.75 Å². The minimum atomic E-state index is -0.0111. The normalized spacial score (nSPS) is 10.8. The van der Waals surface area contributed by atoms with Crippen LogP contribution in [0.1, 0.15) is 50.9 Å². The number of carbonyl (C=O) groups excluding carboxylic acids is 1. The average Bonchev–Trinajstić information content (AvgIpc) is 2.39. The zero-order valence-corrected chi connectivity index (χ0v) is 12.4. The van der Waals surface area contributed by atoms with Gasteiger partial charge in [0.15, 0.2) is 0 Å². The van der Waals surface area contributed by atoms with Crippen molar-refractivity contribution in [2.75, 3.05) is 6.54 Å². The van der Waals surface area contributed by atoms with Gasteiger partial charge in [0, 0.05) is 12.1 Å². The van der Waals surface area contributed by atoms with Crippen LogP contribution in [0.25, 0.3) is 0 Å². The maximum absolute atomic E-state index is 12.0. The number of ether oxygens (including phenoxy) is 1. The Kier molecular flexibility index (Phi) is 6.40. The van der Waals surface area contributed by atoms with E-state index in [1.807, 2.05) is 26.0 Å². The summed E-state index contributed by atoms with van der Waals surface area (Å²) in [5.41, 5.74) is 0.682. The number of benzene rings is 1. The van der Waals surface area contributed by atoms with Gasteiger partial charge in [-0.2, -0.15) is 0 Å². The van der Waals surface area contributed by atoms with Crippen LogP contribution in [0.4, 0.5) is 0 Å². The molecule has 3 nitrogen and oxygen atoms in total. The van der Waals surface area contributed by atoms with Gasteiger partial charge in [0.05, 0.1) is 6.10 Å². The standard InChI is InChI=1S/C16H25NO2/c1-5-13(6-2)11-17-16(18)14-7-9-15(10-8-14)19-12(3)4/h7-10,12-13H,5-6,11H2,1-4H3,(H,17,18). The summed E-state index contributed by atoms with van der Waals surface area (Å²) < 4.78 is 5.55. The summed E-state index contributed by atoms with van der Waals surface area (Å²) >= 11 is 0. The molecule has 1 amide bonds. The van der Waals surface area contributed by atoms with Crippen molar-refractivity contribution in [1.29, 1.82) is 0 Å². The molecule has 0 spiro atoms. The van der Waals surface area contributed by atoms with Gasteiger partial charge in [-0.3, -0.25) is 4.79 Å². The van der Waals surface area contributed by atoms with Crippen molar-refractivity contribution < 1.29 is 9.53 Å². The molecule has 106 valence electrons. The van der Waals surface area contributed by atoms with Crippen LogP contribution in [-0.4, -0.2) is 18.6 Å². The predicted molar refractivity (Wildman–Crippen MR) is 78.6 cm³/mol. The molecule has 0 unspecified atom stereocenters. The SMILES string of the molecule is CCC(CC)CNC(=O)c1ccc(OC(C)C)cc1. The molecule has 0 aliphatic carbocycles. The van der Waals surface area contributed by atoms with Crippen LogP contribution in [0.3, 0.4) is 0 Å². The Morgan fingerprint density at radius 3 is 2.21 bits per heavy atom. The predicted octanol–water partition coefficient (Wildman–Crippen LogP) is 3.64. The van der Waals surface area contributed by atoms with E-state index in [0.717, 1.165) is 25.1 Å². The second-order valence-corrected chi connectivity index (χ2v) is 5.08. The number of carbonyl (C=O) groups is 1. The molecular weight excluding hydrogens is 238 g/mol. The monoisotopic (exact) mass is 263 g/mol.